The van der Waals surface area contributed by atoms with Crippen molar-refractivity contribution in [1.29, 1.82) is 0 Å². The zero-order valence-electron chi connectivity index (χ0n) is 10.7. The second-order valence-corrected chi connectivity index (χ2v) is 4.68. The van der Waals surface area contributed by atoms with Crippen molar-refractivity contribution in [2.24, 2.45) is 0 Å². The molecule has 0 spiro atoms. The first-order valence-corrected chi connectivity index (χ1v) is 6.32. The molecule has 0 aliphatic carbocycles. The summed E-state index contributed by atoms with van der Waals surface area (Å²) in [5.41, 5.74) is 2.55. The maximum Gasteiger partial charge on any atom is 0.237 e. The van der Waals surface area contributed by atoms with E-state index in [0.717, 1.165) is 32.4 Å². The predicted octanol–water partition coefficient (Wildman–Crippen LogP) is 1.83. The molecule has 100 valence electrons. The summed E-state index contributed by atoms with van der Waals surface area (Å²) in [5.74, 6) is 0.148. The van der Waals surface area contributed by atoms with Crippen LogP contribution in [-0.2, 0) is 11.2 Å². The van der Waals surface area contributed by atoms with Crippen molar-refractivity contribution in [3.63, 3.8) is 0 Å². The topological polar surface area (TPSA) is 41.1 Å². The second-order valence-electron chi connectivity index (χ2n) is 4.68. The lowest BCUT2D eigenvalue weighted by atomic mass is 10.1. The Hall–Kier alpha value is -1.06. The first kappa shape index (κ1) is 15.0. The first-order valence-electron chi connectivity index (χ1n) is 6.32. The van der Waals surface area contributed by atoms with Gasteiger partial charge in [0.25, 0.3) is 0 Å². The third kappa shape index (κ3) is 4.31. The van der Waals surface area contributed by atoms with Gasteiger partial charge in [0, 0.05) is 6.54 Å². The van der Waals surface area contributed by atoms with Gasteiger partial charge >= 0.3 is 0 Å². The van der Waals surface area contributed by atoms with Gasteiger partial charge in [0.15, 0.2) is 0 Å². The molecule has 3 nitrogen and oxygen atoms in total. The number of aryl methyl sites for hydroxylation is 1. The number of nitrogens with one attached hydrogen (secondary N) is 2. The minimum absolute atomic E-state index is 0. The summed E-state index contributed by atoms with van der Waals surface area (Å²) in [5, 5.41) is 6.19. The summed E-state index contributed by atoms with van der Waals surface area (Å²) in [6, 6.07) is 8.45. The molecule has 2 N–H and O–H groups in total. The van der Waals surface area contributed by atoms with E-state index in [9.17, 15) is 4.79 Å². The van der Waals surface area contributed by atoms with Crippen LogP contribution in [0.25, 0.3) is 0 Å². The first-order chi connectivity index (χ1) is 8.25. The Balaban J connectivity index is 0.00000162. The van der Waals surface area contributed by atoms with E-state index < -0.39 is 0 Å². The van der Waals surface area contributed by atoms with Gasteiger partial charge in [-0.05, 0) is 38.3 Å². The Morgan fingerprint density at radius 2 is 2.33 bits per heavy atom. The number of halogens is 1. The highest BCUT2D eigenvalue weighted by molar-refractivity contribution is 5.85. The van der Waals surface area contributed by atoms with E-state index in [1.54, 1.807) is 0 Å². The molecule has 0 radical (unpaired) electrons. The van der Waals surface area contributed by atoms with Crippen LogP contribution < -0.4 is 10.6 Å². The van der Waals surface area contributed by atoms with Gasteiger partial charge in [-0.2, -0.15) is 0 Å². The molecule has 0 bridgehead atoms. The van der Waals surface area contributed by atoms with Crippen molar-refractivity contribution >= 4 is 18.3 Å². The van der Waals surface area contributed by atoms with E-state index in [1.165, 1.54) is 11.1 Å². The molecule has 1 atom stereocenters. The smallest absolute Gasteiger partial charge is 0.237 e. The Morgan fingerprint density at radius 3 is 3.00 bits per heavy atom. The van der Waals surface area contributed by atoms with Crippen molar-refractivity contribution in [2.75, 3.05) is 13.1 Å². The summed E-state index contributed by atoms with van der Waals surface area (Å²) >= 11 is 0. The van der Waals surface area contributed by atoms with Gasteiger partial charge in [0.2, 0.25) is 5.91 Å². The van der Waals surface area contributed by atoms with Gasteiger partial charge in [-0.1, -0.05) is 29.8 Å². The number of carbonyl (C=O) groups excluding carboxylic acids is 1. The number of hydrogen-bond donors (Lipinski definition) is 2. The number of rotatable bonds is 4. The van der Waals surface area contributed by atoms with Crippen LogP contribution >= 0.6 is 12.4 Å². The van der Waals surface area contributed by atoms with Crippen LogP contribution in [-0.4, -0.2) is 25.0 Å². The molecule has 0 aromatic heterocycles. The fraction of sp³-hybridized carbons (Fsp3) is 0.500. The quantitative estimate of drug-likeness (QED) is 0.875. The molecule has 1 heterocycles. The number of carbonyl (C=O) groups is 1. The lowest BCUT2D eigenvalue weighted by molar-refractivity contribution is -0.122. The molecular formula is C14H21ClN2O. The molecule has 1 aliphatic rings. The minimum atomic E-state index is 0. The molecule has 1 saturated heterocycles. The van der Waals surface area contributed by atoms with Crippen LogP contribution in [0.1, 0.15) is 24.0 Å². The molecular weight excluding hydrogens is 248 g/mol. The monoisotopic (exact) mass is 268 g/mol. The highest BCUT2D eigenvalue weighted by Crippen LogP contribution is 2.06. The lowest BCUT2D eigenvalue weighted by Crippen LogP contribution is -2.41. The highest BCUT2D eigenvalue weighted by Gasteiger charge is 2.20. The molecule has 1 fully saturated rings. The van der Waals surface area contributed by atoms with Gasteiger partial charge in [-0.3, -0.25) is 4.79 Å². The zero-order valence-corrected chi connectivity index (χ0v) is 11.6. The summed E-state index contributed by atoms with van der Waals surface area (Å²) in [7, 11) is 0. The largest absolute Gasteiger partial charge is 0.354 e. The minimum Gasteiger partial charge on any atom is -0.354 e. The second kappa shape index (κ2) is 7.39. The van der Waals surface area contributed by atoms with Crippen molar-refractivity contribution in [3.8, 4) is 0 Å². The van der Waals surface area contributed by atoms with Crippen molar-refractivity contribution in [3.05, 3.63) is 35.4 Å². The summed E-state index contributed by atoms with van der Waals surface area (Å²) < 4.78 is 0. The van der Waals surface area contributed by atoms with E-state index in [4.69, 9.17) is 0 Å². The van der Waals surface area contributed by atoms with E-state index in [2.05, 4.69) is 41.8 Å². The van der Waals surface area contributed by atoms with E-state index in [1.807, 2.05) is 0 Å². The van der Waals surface area contributed by atoms with Crippen LogP contribution in [0.15, 0.2) is 24.3 Å². The standard InChI is InChI=1S/C14H20N2O.ClH/c1-11-4-2-5-12(10-11)7-9-16-14(17)13-6-3-8-15-13;/h2,4-5,10,13,15H,3,6-9H2,1H3,(H,16,17);1H. The average molecular weight is 269 g/mol. The van der Waals surface area contributed by atoms with Crippen molar-refractivity contribution < 1.29 is 4.79 Å². The third-order valence-electron chi connectivity index (χ3n) is 3.17. The fourth-order valence-electron chi connectivity index (χ4n) is 2.23. The maximum absolute atomic E-state index is 11.7. The molecule has 1 aromatic rings. The van der Waals surface area contributed by atoms with Crippen LogP contribution in [0.3, 0.4) is 0 Å². The van der Waals surface area contributed by atoms with E-state index in [0.29, 0.717) is 0 Å². The highest BCUT2D eigenvalue weighted by atomic mass is 35.5. The molecule has 0 saturated carbocycles. The summed E-state index contributed by atoms with van der Waals surface area (Å²) in [4.78, 5) is 11.7. The fourth-order valence-corrected chi connectivity index (χ4v) is 2.23. The van der Waals surface area contributed by atoms with Gasteiger partial charge in [-0.15, -0.1) is 12.4 Å². The SMILES string of the molecule is Cc1cccc(CCNC(=O)C2CCCN2)c1.Cl. The summed E-state index contributed by atoms with van der Waals surface area (Å²) in [6.45, 7) is 3.78. The van der Waals surface area contributed by atoms with Crippen LogP contribution in [0.4, 0.5) is 0 Å². The Bertz CT molecular complexity index is 389. The third-order valence-corrected chi connectivity index (χ3v) is 3.17. The lowest BCUT2D eigenvalue weighted by Gasteiger charge is -2.11. The molecule has 1 amide bonds. The summed E-state index contributed by atoms with van der Waals surface area (Å²) in [6.07, 6.45) is 2.98. The number of benzene rings is 1. The zero-order chi connectivity index (χ0) is 12.1. The van der Waals surface area contributed by atoms with Gasteiger partial charge < -0.3 is 10.6 Å². The van der Waals surface area contributed by atoms with Crippen molar-refractivity contribution in [2.45, 2.75) is 32.2 Å². The number of hydrogen-bond acceptors (Lipinski definition) is 2. The average Bonchev–Trinajstić information content (AvgIpc) is 2.82. The van der Waals surface area contributed by atoms with Crippen LogP contribution in [0.2, 0.25) is 0 Å². The predicted molar refractivity (Wildman–Crippen MR) is 76.2 cm³/mol. The molecule has 1 unspecified atom stereocenters. The normalized spacial score (nSPS) is 18.2. The maximum atomic E-state index is 11.7. The van der Waals surface area contributed by atoms with E-state index in [-0.39, 0.29) is 24.4 Å². The van der Waals surface area contributed by atoms with Crippen LogP contribution in [0, 0.1) is 6.92 Å². The Labute approximate surface area is 115 Å². The van der Waals surface area contributed by atoms with Gasteiger partial charge in [0.1, 0.15) is 0 Å². The Morgan fingerprint density at radius 1 is 1.50 bits per heavy atom. The van der Waals surface area contributed by atoms with E-state index >= 15 is 0 Å². The molecule has 4 heteroatoms. The van der Waals surface area contributed by atoms with Gasteiger partial charge in [0.05, 0.1) is 6.04 Å². The molecule has 1 aliphatic heterocycles. The molecule has 1 aromatic carbocycles. The Kier molecular flexibility index (Phi) is 6.16. The van der Waals surface area contributed by atoms with Crippen molar-refractivity contribution in [1.82, 2.24) is 10.6 Å². The number of amides is 1. The van der Waals surface area contributed by atoms with Crippen LogP contribution in [0.5, 0.6) is 0 Å². The molecule has 18 heavy (non-hydrogen) atoms. The molecule has 2 rings (SSSR count). The van der Waals surface area contributed by atoms with Gasteiger partial charge in [-0.25, -0.2) is 0 Å².